The molecule has 0 saturated heterocycles. The van der Waals surface area contributed by atoms with E-state index in [4.69, 9.17) is 0 Å². The molecule has 0 radical (unpaired) electrons. The van der Waals surface area contributed by atoms with Gasteiger partial charge in [0.15, 0.2) is 0 Å². The second-order valence-electron chi connectivity index (χ2n) is 4.09. The molecule has 0 aliphatic heterocycles. The standard InChI is InChI=1S/C9H12.C6H6.C3H6O2/c1-2-6-9-7-4-3-5-8-9;1-2-4-6-5-3-1;1-3(4)5-2/h3-5,7-8H,2,6H2,1H3;1-6H;1-2H3. The van der Waals surface area contributed by atoms with Gasteiger partial charge >= 0.3 is 5.97 Å². The highest BCUT2D eigenvalue weighted by Gasteiger charge is 1.84. The van der Waals surface area contributed by atoms with Crippen molar-refractivity contribution in [2.75, 3.05) is 7.11 Å². The molecule has 2 nitrogen and oxygen atoms in total. The van der Waals surface area contributed by atoms with Gasteiger partial charge in [0.25, 0.3) is 0 Å². The lowest BCUT2D eigenvalue weighted by molar-refractivity contribution is -0.137. The van der Waals surface area contributed by atoms with E-state index in [0.29, 0.717) is 0 Å². The number of carbonyl (C=O) groups excluding carboxylic acids is 1. The van der Waals surface area contributed by atoms with Crippen LogP contribution in [0.15, 0.2) is 66.7 Å². The Labute approximate surface area is 122 Å². The van der Waals surface area contributed by atoms with Crippen LogP contribution in [-0.4, -0.2) is 13.1 Å². The summed E-state index contributed by atoms with van der Waals surface area (Å²) in [6.45, 7) is 3.56. The Morgan fingerprint density at radius 1 is 0.900 bits per heavy atom. The fourth-order valence-electron chi connectivity index (χ4n) is 1.32. The molecular formula is C18H24O2. The van der Waals surface area contributed by atoms with E-state index in [1.165, 1.54) is 32.4 Å². The fourth-order valence-corrected chi connectivity index (χ4v) is 1.32. The van der Waals surface area contributed by atoms with Crippen molar-refractivity contribution in [1.82, 2.24) is 0 Å². The van der Waals surface area contributed by atoms with Gasteiger partial charge in [0, 0.05) is 6.92 Å². The Bertz CT molecular complexity index is 397. The van der Waals surface area contributed by atoms with Crippen LogP contribution in [0, 0.1) is 0 Å². The summed E-state index contributed by atoms with van der Waals surface area (Å²) in [6.07, 6.45) is 2.45. The summed E-state index contributed by atoms with van der Waals surface area (Å²) >= 11 is 0. The number of carbonyl (C=O) groups is 1. The van der Waals surface area contributed by atoms with Gasteiger partial charge in [0.1, 0.15) is 0 Å². The van der Waals surface area contributed by atoms with E-state index < -0.39 is 0 Å². The van der Waals surface area contributed by atoms with Gasteiger partial charge < -0.3 is 4.74 Å². The Morgan fingerprint density at radius 2 is 1.25 bits per heavy atom. The number of hydrogen-bond donors (Lipinski definition) is 0. The summed E-state index contributed by atoms with van der Waals surface area (Å²) in [7, 11) is 1.35. The molecule has 0 aromatic heterocycles. The Morgan fingerprint density at radius 3 is 1.55 bits per heavy atom. The van der Waals surface area contributed by atoms with Crippen molar-refractivity contribution in [3.8, 4) is 0 Å². The quantitative estimate of drug-likeness (QED) is 0.752. The molecule has 2 aromatic rings. The van der Waals surface area contributed by atoms with Crippen LogP contribution >= 0.6 is 0 Å². The molecule has 0 aliphatic rings. The van der Waals surface area contributed by atoms with E-state index in [1.807, 2.05) is 36.4 Å². The molecule has 0 unspecified atom stereocenters. The van der Waals surface area contributed by atoms with Crippen molar-refractivity contribution in [3.63, 3.8) is 0 Å². The molecule has 0 bridgehead atoms. The van der Waals surface area contributed by atoms with Crippen molar-refractivity contribution >= 4 is 5.97 Å². The van der Waals surface area contributed by atoms with Crippen LogP contribution in [-0.2, 0) is 16.0 Å². The van der Waals surface area contributed by atoms with Crippen LogP contribution in [0.1, 0.15) is 25.8 Å². The summed E-state index contributed by atoms with van der Waals surface area (Å²) in [5, 5.41) is 0. The maximum absolute atomic E-state index is 9.59. The van der Waals surface area contributed by atoms with E-state index >= 15 is 0 Å². The first-order valence-corrected chi connectivity index (χ1v) is 6.79. The third-order valence-corrected chi connectivity index (χ3v) is 2.34. The fraction of sp³-hybridized carbons (Fsp3) is 0.278. The summed E-state index contributed by atoms with van der Waals surface area (Å²) < 4.78 is 4.11. The largest absolute Gasteiger partial charge is 0.469 e. The Hall–Kier alpha value is -2.09. The van der Waals surface area contributed by atoms with E-state index in [9.17, 15) is 4.79 Å². The topological polar surface area (TPSA) is 26.3 Å². The van der Waals surface area contributed by atoms with E-state index in [2.05, 4.69) is 42.0 Å². The maximum atomic E-state index is 9.59. The third-order valence-electron chi connectivity index (χ3n) is 2.34. The highest BCUT2D eigenvalue weighted by molar-refractivity contribution is 5.65. The second-order valence-corrected chi connectivity index (χ2v) is 4.09. The smallest absolute Gasteiger partial charge is 0.302 e. The van der Waals surface area contributed by atoms with Crippen molar-refractivity contribution in [2.24, 2.45) is 0 Å². The van der Waals surface area contributed by atoms with E-state index in [1.54, 1.807) is 0 Å². The van der Waals surface area contributed by atoms with Crippen molar-refractivity contribution in [3.05, 3.63) is 72.3 Å². The first-order valence-electron chi connectivity index (χ1n) is 6.79. The number of rotatable bonds is 2. The minimum Gasteiger partial charge on any atom is -0.469 e. The van der Waals surface area contributed by atoms with Gasteiger partial charge in [-0.15, -0.1) is 0 Å². The summed E-state index contributed by atoms with van der Waals surface area (Å²) in [6, 6.07) is 22.6. The molecule has 0 amide bonds. The summed E-state index contributed by atoms with van der Waals surface area (Å²) in [4.78, 5) is 9.59. The zero-order valence-electron chi connectivity index (χ0n) is 12.6. The molecule has 0 N–H and O–H groups in total. The molecule has 2 rings (SSSR count). The molecule has 0 atom stereocenters. The number of methoxy groups -OCH3 is 1. The lowest BCUT2D eigenvalue weighted by Crippen LogP contribution is -1.88. The van der Waals surface area contributed by atoms with Crippen molar-refractivity contribution < 1.29 is 9.53 Å². The van der Waals surface area contributed by atoms with Gasteiger partial charge in [-0.2, -0.15) is 0 Å². The summed E-state index contributed by atoms with van der Waals surface area (Å²) in [5.41, 5.74) is 1.44. The Balaban J connectivity index is 0.000000288. The molecule has 0 saturated carbocycles. The van der Waals surface area contributed by atoms with Gasteiger partial charge in [0.05, 0.1) is 7.11 Å². The van der Waals surface area contributed by atoms with Crippen LogP contribution in [0.2, 0.25) is 0 Å². The lowest BCUT2D eigenvalue weighted by atomic mass is 10.1. The van der Waals surface area contributed by atoms with Crippen LogP contribution in [0.5, 0.6) is 0 Å². The minimum atomic E-state index is -0.245. The van der Waals surface area contributed by atoms with Gasteiger partial charge in [-0.3, -0.25) is 4.79 Å². The zero-order chi connectivity index (χ0) is 15.1. The SMILES string of the molecule is CCCc1ccccc1.COC(C)=O.c1ccccc1. The molecular weight excluding hydrogens is 248 g/mol. The second kappa shape index (κ2) is 13.3. The molecule has 108 valence electrons. The minimum absolute atomic E-state index is 0.245. The molecule has 0 aliphatic carbocycles. The first-order chi connectivity index (χ1) is 9.70. The molecule has 2 aromatic carbocycles. The molecule has 2 heteroatoms. The highest BCUT2D eigenvalue weighted by atomic mass is 16.5. The molecule has 0 spiro atoms. The van der Waals surface area contributed by atoms with E-state index in [-0.39, 0.29) is 5.97 Å². The Kier molecular flexibility index (Phi) is 11.9. The molecule has 0 fully saturated rings. The van der Waals surface area contributed by atoms with Crippen LogP contribution in [0.3, 0.4) is 0 Å². The number of benzene rings is 2. The normalized spacial score (nSPS) is 8.35. The average Bonchev–Trinajstić information content (AvgIpc) is 2.51. The molecule has 20 heavy (non-hydrogen) atoms. The number of hydrogen-bond acceptors (Lipinski definition) is 2. The number of esters is 1. The predicted molar refractivity (Wildman–Crippen MR) is 84.6 cm³/mol. The zero-order valence-corrected chi connectivity index (χ0v) is 12.6. The van der Waals surface area contributed by atoms with Crippen LogP contribution in [0.25, 0.3) is 0 Å². The number of aryl methyl sites for hydroxylation is 1. The van der Waals surface area contributed by atoms with Gasteiger partial charge in [-0.25, -0.2) is 0 Å². The highest BCUT2D eigenvalue weighted by Crippen LogP contribution is 2.00. The molecule has 0 heterocycles. The lowest BCUT2D eigenvalue weighted by Gasteiger charge is -1.93. The van der Waals surface area contributed by atoms with Crippen LogP contribution in [0.4, 0.5) is 0 Å². The van der Waals surface area contributed by atoms with Crippen LogP contribution < -0.4 is 0 Å². The third kappa shape index (κ3) is 12.4. The maximum Gasteiger partial charge on any atom is 0.302 e. The van der Waals surface area contributed by atoms with Gasteiger partial charge in [-0.05, 0) is 12.0 Å². The van der Waals surface area contributed by atoms with Crippen molar-refractivity contribution in [2.45, 2.75) is 26.7 Å². The monoisotopic (exact) mass is 272 g/mol. The van der Waals surface area contributed by atoms with E-state index in [0.717, 1.165) is 0 Å². The predicted octanol–water partition coefficient (Wildman–Crippen LogP) is 4.51. The van der Waals surface area contributed by atoms with Gasteiger partial charge in [0.2, 0.25) is 0 Å². The average molecular weight is 272 g/mol. The van der Waals surface area contributed by atoms with Crippen molar-refractivity contribution in [1.29, 1.82) is 0 Å². The first kappa shape index (κ1) is 17.9. The number of ether oxygens (including phenoxy) is 1. The summed E-state index contributed by atoms with van der Waals surface area (Å²) in [5.74, 6) is -0.245. The van der Waals surface area contributed by atoms with Gasteiger partial charge in [-0.1, -0.05) is 80.1 Å².